The zero-order valence-electron chi connectivity index (χ0n) is 15.6. The number of rotatable bonds is 4. The third-order valence-electron chi connectivity index (χ3n) is 4.47. The van der Waals surface area contributed by atoms with Crippen LogP contribution < -0.4 is 0 Å². The largest absolute Gasteiger partial charge is 0.386 e. The highest BCUT2D eigenvalue weighted by Crippen LogP contribution is 2.34. The Morgan fingerprint density at radius 3 is 1.27 bits per heavy atom. The van der Waals surface area contributed by atoms with Gasteiger partial charge in [0.1, 0.15) is 0 Å². The Balaban J connectivity index is 2.05. The van der Waals surface area contributed by atoms with E-state index in [4.69, 9.17) is 0 Å². The minimum absolute atomic E-state index is 0.786. The van der Waals surface area contributed by atoms with E-state index in [9.17, 15) is 10.2 Å². The minimum Gasteiger partial charge on any atom is -0.386 e. The lowest BCUT2D eigenvalue weighted by Gasteiger charge is -2.22. The van der Waals surface area contributed by atoms with Crippen molar-refractivity contribution in [2.45, 2.75) is 38.9 Å². The summed E-state index contributed by atoms with van der Waals surface area (Å²) in [6.07, 6.45) is 6.87. The molecule has 0 spiro atoms. The zero-order valence-corrected chi connectivity index (χ0v) is 15.6. The summed E-state index contributed by atoms with van der Waals surface area (Å²) >= 11 is 0. The molecule has 0 saturated carbocycles. The predicted molar refractivity (Wildman–Crippen MR) is 103 cm³/mol. The summed E-state index contributed by atoms with van der Waals surface area (Å²) in [7, 11) is 0. The van der Waals surface area contributed by atoms with Crippen LogP contribution in [0.1, 0.15) is 38.8 Å². The van der Waals surface area contributed by atoms with Crippen LogP contribution >= 0.6 is 0 Å². The summed E-state index contributed by atoms with van der Waals surface area (Å²) in [5, 5.41) is 20.8. The molecule has 0 atom stereocenters. The Morgan fingerprint density at radius 2 is 0.962 bits per heavy atom. The molecule has 26 heavy (non-hydrogen) atoms. The Kier molecular flexibility index (Phi) is 4.65. The first-order valence-electron chi connectivity index (χ1n) is 8.62. The van der Waals surface area contributed by atoms with Crippen molar-refractivity contribution in [1.29, 1.82) is 0 Å². The maximum atomic E-state index is 10.4. The van der Waals surface area contributed by atoms with Crippen molar-refractivity contribution in [3.05, 3.63) is 72.3 Å². The van der Waals surface area contributed by atoms with Crippen LogP contribution in [0.15, 0.2) is 61.2 Å². The molecule has 2 aromatic heterocycles. The van der Waals surface area contributed by atoms with Gasteiger partial charge in [0.2, 0.25) is 0 Å². The van der Waals surface area contributed by atoms with Gasteiger partial charge in [-0.15, -0.1) is 0 Å². The summed E-state index contributed by atoms with van der Waals surface area (Å²) in [4.78, 5) is 8.29. The number of aromatic nitrogens is 2. The van der Waals surface area contributed by atoms with Gasteiger partial charge in [-0.1, -0.05) is 24.3 Å². The van der Waals surface area contributed by atoms with E-state index in [0.29, 0.717) is 0 Å². The molecule has 0 aliphatic rings. The van der Waals surface area contributed by atoms with E-state index in [1.165, 1.54) is 0 Å². The summed E-state index contributed by atoms with van der Waals surface area (Å²) in [6, 6.07) is 11.9. The lowest BCUT2D eigenvalue weighted by Crippen LogP contribution is -2.17. The molecular weight excluding hydrogens is 324 g/mol. The van der Waals surface area contributed by atoms with Crippen LogP contribution in [0.3, 0.4) is 0 Å². The summed E-state index contributed by atoms with van der Waals surface area (Å²) in [5.74, 6) is 0. The standard InChI is InChI=1S/C22H24N2O2/c1-21(2,25)19-13-23-11-9-17(19)15-5-7-16(8-6-15)18-10-12-24-14-20(18)22(3,4)26/h5-14,25-26H,1-4H3. The first-order chi connectivity index (χ1) is 12.2. The molecule has 0 saturated heterocycles. The van der Waals surface area contributed by atoms with Crippen LogP contribution in [0.5, 0.6) is 0 Å². The van der Waals surface area contributed by atoms with E-state index in [0.717, 1.165) is 33.4 Å². The summed E-state index contributed by atoms with van der Waals surface area (Å²) in [6.45, 7) is 7.03. The van der Waals surface area contributed by atoms with Crippen LogP contribution in [0.25, 0.3) is 22.3 Å². The van der Waals surface area contributed by atoms with Crippen LogP contribution in [0.4, 0.5) is 0 Å². The molecule has 134 valence electrons. The second-order valence-electron chi connectivity index (χ2n) is 7.54. The summed E-state index contributed by atoms with van der Waals surface area (Å²) < 4.78 is 0. The van der Waals surface area contributed by atoms with E-state index in [-0.39, 0.29) is 0 Å². The van der Waals surface area contributed by atoms with Gasteiger partial charge in [-0.3, -0.25) is 9.97 Å². The minimum atomic E-state index is -0.971. The number of nitrogens with zero attached hydrogens (tertiary/aromatic N) is 2. The molecule has 2 N–H and O–H groups in total. The topological polar surface area (TPSA) is 66.2 Å². The fraction of sp³-hybridized carbons (Fsp3) is 0.273. The van der Waals surface area contributed by atoms with Crippen molar-refractivity contribution >= 4 is 0 Å². The van der Waals surface area contributed by atoms with Crippen LogP contribution in [-0.4, -0.2) is 20.2 Å². The highest BCUT2D eigenvalue weighted by atomic mass is 16.3. The lowest BCUT2D eigenvalue weighted by atomic mass is 9.89. The van der Waals surface area contributed by atoms with Gasteiger partial charge in [0.25, 0.3) is 0 Å². The lowest BCUT2D eigenvalue weighted by molar-refractivity contribution is 0.0782. The Hall–Kier alpha value is -2.56. The molecule has 0 amide bonds. The fourth-order valence-corrected chi connectivity index (χ4v) is 3.10. The molecule has 0 unspecified atom stereocenters. The average molecular weight is 348 g/mol. The highest BCUT2D eigenvalue weighted by molar-refractivity contribution is 5.74. The number of benzene rings is 1. The van der Waals surface area contributed by atoms with Crippen LogP contribution in [0, 0.1) is 0 Å². The number of hydrogen-bond acceptors (Lipinski definition) is 4. The first-order valence-corrected chi connectivity index (χ1v) is 8.62. The molecule has 2 heterocycles. The van der Waals surface area contributed by atoms with Crippen molar-refractivity contribution in [3.8, 4) is 22.3 Å². The van der Waals surface area contributed by atoms with Gasteiger partial charge in [-0.05, 0) is 62.1 Å². The van der Waals surface area contributed by atoms with Gasteiger partial charge in [0.05, 0.1) is 11.2 Å². The quantitative estimate of drug-likeness (QED) is 0.739. The number of hydrogen-bond donors (Lipinski definition) is 2. The number of aliphatic hydroxyl groups is 2. The van der Waals surface area contributed by atoms with Gasteiger partial charge in [-0.2, -0.15) is 0 Å². The molecular formula is C22H24N2O2. The highest BCUT2D eigenvalue weighted by Gasteiger charge is 2.22. The van der Waals surface area contributed by atoms with Crippen LogP contribution in [0.2, 0.25) is 0 Å². The molecule has 1 aromatic carbocycles. The van der Waals surface area contributed by atoms with Crippen molar-refractivity contribution in [2.75, 3.05) is 0 Å². The Bertz CT molecular complexity index is 828. The van der Waals surface area contributed by atoms with Gasteiger partial charge < -0.3 is 10.2 Å². The zero-order chi connectivity index (χ0) is 18.9. The third-order valence-corrected chi connectivity index (χ3v) is 4.47. The van der Waals surface area contributed by atoms with E-state index in [2.05, 4.69) is 9.97 Å². The molecule has 3 rings (SSSR count). The molecule has 0 bridgehead atoms. The van der Waals surface area contributed by atoms with E-state index in [1.807, 2.05) is 36.4 Å². The number of pyridine rings is 2. The predicted octanol–water partition coefficient (Wildman–Crippen LogP) is 4.27. The molecule has 4 heteroatoms. The fourth-order valence-electron chi connectivity index (χ4n) is 3.10. The van der Waals surface area contributed by atoms with Gasteiger partial charge >= 0.3 is 0 Å². The normalized spacial score (nSPS) is 12.2. The SMILES string of the molecule is CC(C)(O)c1cnccc1-c1ccc(-c2ccncc2C(C)(C)O)cc1. The Morgan fingerprint density at radius 1 is 0.615 bits per heavy atom. The van der Waals surface area contributed by atoms with Gasteiger partial charge in [0, 0.05) is 35.9 Å². The molecule has 4 nitrogen and oxygen atoms in total. The van der Waals surface area contributed by atoms with Crippen LogP contribution in [-0.2, 0) is 11.2 Å². The van der Waals surface area contributed by atoms with E-state index in [1.54, 1.807) is 52.5 Å². The van der Waals surface area contributed by atoms with E-state index < -0.39 is 11.2 Å². The van der Waals surface area contributed by atoms with Crippen molar-refractivity contribution < 1.29 is 10.2 Å². The molecule has 0 fully saturated rings. The molecule has 0 aliphatic heterocycles. The second kappa shape index (κ2) is 6.63. The molecule has 3 aromatic rings. The Labute approximate surface area is 154 Å². The smallest absolute Gasteiger partial charge is 0.0861 e. The third kappa shape index (κ3) is 3.66. The maximum Gasteiger partial charge on any atom is 0.0861 e. The average Bonchev–Trinajstić information content (AvgIpc) is 2.60. The first kappa shape index (κ1) is 18.2. The second-order valence-corrected chi connectivity index (χ2v) is 7.54. The monoisotopic (exact) mass is 348 g/mol. The molecule has 0 radical (unpaired) electrons. The maximum absolute atomic E-state index is 10.4. The van der Waals surface area contributed by atoms with Crippen molar-refractivity contribution in [1.82, 2.24) is 9.97 Å². The molecule has 0 aliphatic carbocycles. The summed E-state index contributed by atoms with van der Waals surface area (Å²) in [5.41, 5.74) is 3.55. The van der Waals surface area contributed by atoms with E-state index >= 15 is 0 Å². The van der Waals surface area contributed by atoms with Crippen molar-refractivity contribution in [3.63, 3.8) is 0 Å². The van der Waals surface area contributed by atoms with Gasteiger partial charge in [-0.25, -0.2) is 0 Å². The van der Waals surface area contributed by atoms with Crippen molar-refractivity contribution in [2.24, 2.45) is 0 Å². The van der Waals surface area contributed by atoms with Gasteiger partial charge in [0.15, 0.2) is 0 Å².